The summed E-state index contributed by atoms with van der Waals surface area (Å²) in [6.07, 6.45) is 3.38. The van der Waals surface area contributed by atoms with Gasteiger partial charge in [0.15, 0.2) is 0 Å². The summed E-state index contributed by atoms with van der Waals surface area (Å²) in [7, 11) is 0. The van der Waals surface area contributed by atoms with Gasteiger partial charge in [-0.15, -0.1) is 0 Å². The minimum Gasteiger partial charge on any atom is -0.386 e. The summed E-state index contributed by atoms with van der Waals surface area (Å²) in [4.78, 5) is 13.2. The highest BCUT2D eigenvalue weighted by Gasteiger charge is 2.39. The Morgan fingerprint density at radius 2 is 2.36 bits per heavy atom. The standard InChI is InChI=1S/C9H13N3O2/c1-9(14)6-11(7-9)8(13)5-12-4-2-3-10-12/h2-4,14H,5-7H2,1H3. The molecule has 0 unspecified atom stereocenters. The van der Waals surface area contributed by atoms with Crippen LogP contribution in [0.15, 0.2) is 18.5 Å². The number of likely N-dealkylation sites (tertiary alicyclic amines) is 1. The fourth-order valence-corrected chi connectivity index (χ4v) is 1.58. The average Bonchev–Trinajstić information content (AvgIpc) is 2.52. The van der Waals surface area contributed by atoms with Crippen molar-refractivity contribution in [2.45, 2.75) is 19.1 Å². The average molecular weight is 195 g/mol. The third kappa shape index (κ3) is 1.77. The SMILES string of the molecule is CC1(O)CN(C(=O)Cn2cccn2)C1. The normalized spacial score (nSPS) is 19.1. The van der Waals surface area contributed by atoms with Crippen LogP contribution in [0.3, 0.4) is 0 Å². The zero-order valence-electron chi connectivity index (χ0n) is 8.05. The quantitative estimate of drug-likeness (QED) is 0.690. The van der Waals surface area contributed by atoms with Crippen molar-refractivity contribution in [3.63, 3.8) is 0 Å². The number of hydrogen-bond donors (Lipinski definition) is 1. The van der Waals surface area contributed by atoms with Crippen molar-refractivity contribution in [3.8, 4) is 0 Å². The summed E-state index contributed by atoms with van der Waals surface area (Å²) in [5.41, 5.74) is -0.695. The maximum atomic E-state index is 11.5. The maximum absolute atomic E-state index is 11.5. The van der Waals surface area contributed by atoms with E-state index in [9.17, 15) is 9.90 Å². The Hall–Kier alpha value is -1.36. The molecule has 0 atom stereocenters. The molecule has 1 fully saturated rings. The van der Waals surface area contributed by atoms with E-state index in [1.165, 1.54) is 0 Å². The van der Waals surface area contributed by atoms with Gasteiger partial charge in [-0.1, -0.05) is 0 Å². The van der Waals surface area contributed by atoms with E-state index < -0.39 is 5.60 Å². The molecule has 0 aromatic carbocycles. The van der Waals surface area contributed by atoms with Crippen LogP contribution in [0, 0.1) is 0 Å². The highest BCUT2D eigenvalue weighted by Crippen LogP contribution is 2.19. The Morgan fingerprint density at radius 3 is 2.86 bits per heavy atom. The van der Waals surface area contributed by atoms with E-state index >= 15 is 0 Å². The Balaban J connectivity index is 1.86. The molecule has 0 bridgehead atoms. The van der Waals surface area contributed by atoms with Gasteiger partial charge in [0.2, 0.25) is 5.91 Å². The topological polar surface area (TPSA) is 58.4 Å². The number of hydrogen-bond acceptors (Lipinski definition) is 3. The fraction of sp³-hybridized carbons (Fsp3) is 0.556. The molecule has 14 heavy (non-hydrogen) atoms. The van der Waals surface area contributed by atoms with Crippen LogP contribution in [0.1, 0.15) is 6.92 Å². The lowest BCUT2D eigenvalue weighted by atomic mass is 9.97. The Labute approximate surface area is 81.9 Å². The van der Waals surface area contributed by atoms with Crippen molar-refractivity contribution < 1.29 is 9.90 Å². The number of aliphatic hydroxyl groups is 1. The zero-order valence-corrected chi connectivity index (χ0v) is 8.05. The smallest absolute Gasteiger partial charge is 0.244 e. The minimum atomic E-state index is -0.695. The van der Waals surface area contributed by atoms with E-state index in [2.05, 4.69) is 5.10 Å². The van der Waals surface area contributed by atoms with Crippen LogP contribution in [0.25, 0.3) is 0 Å². The first-order chi connectivity index (χ1) is 6.57. The van der Waals surface area contributed by atoms with Crippen molar-refractivity contribution in [1.29, 1.82) is 0 Å². The van der Waals surface area contributed by atoms with Gasteiger partial charge in [0.05, 0.1) is 18.7 Å². The Bertz CT molecular complexity index is 324. The van der Waals surface area contributed by atoms with Gasteiger partial charge in [-0.05, 0) is 13.0 Å². The lowest BCUT2D eigenvalue weighted by Gasteiger charge is -2.44. The lowest BCUT2D eigenvalue weighted by molar-refractivity contribution is -0.153. The van der Waals surface area contributed by atoms with Gasteiger partial charge in [0.25, 0.3) is 0 Å². The van der Waals surface area contributed by atoms with E-state index in [1.807, 2.05) is 0 Å². The van der Waals surface area contributed by atoms with E-state index in [0.29, 0.717) is 13.1 Å². The molecule has 0 saturated carbocycles. The van der Waals surface area contributed by atoms with Gasteiger partial charge in [0.1, 0.15) is 6.54 Å². The number of aromatic nitrogens is 2. The molecule has 2 heterocycles. The van der Waals surface area contributed by atoms with Crippen molar-refractivity contribution in [1.82, 2.24) is 14.7 Å². The van der Waals surface area contributed by atoms with Gasteiger partial charge in [-0.3, -0.25) is 9.48 Å². The molecule has 1 aliphatic rings. The molecule has 76 valence electrons. The van der Waals surface area contributed by atoms with Crippen molar-refractivity contribution in [2.24, 2.45) is 0 Å². The van der Waals surface area contributed by atoms with Gasteiger partial charge < -0.3 is 10.0 Å². The van der Waals surface area contributed by atoms with Gasteiger partial charge in [-0.25, -0.2) is 0 Å². The largest absolute Gasteiger partial charge is 0.386 e. The van der Waals surface area contributed by atoms with Crippen LogP contribution in [-0.4, -0.2) is 44.4 Å². The van der Waals surface area contributed by atoms with Crippen LogP contribution >= 0.6 is 0 Å². The van der Waals surface area contributed by atoms with Crippen LogP contribution in [-0.2, 0) is 11.3 Å². The third-order valence-electron chi connectivity index (χ3n) is 2.27. The van der Waals surface area contributed by atoms with Gasteiger partial charge in [0, 0.05) is 12.4 Å². The maximum Gasteiger partial charge on any atom is 0.244 e. The van der Waals surface area contributed by atoms with Crippen molar-refractivity contribution >= 4 is 5.91 Å². The van der Waals surface area contributed by atoms with Crippen LogP contribution < -0.4 is 0 Å². The summed E-state index contributed by atoms with van der Waals surface area (Å²) >= 11 is 0. The molecule has 5 nitrogen and oxygen atoms in total. The molecule has 1 saturated heterocycles. The summed E-state index contributed by atoms with van der Waals surface area (Å²) in [5, 5.41) is 13.4. The Morgan fingerprint density at radius 1 is 1.64 bits per heavy atom. The van der Waals surface area contributed by atoms with Crippen LogP contribution in [0.2, 0.25) is 0 Å². The van der Waals surface area contributed by atoms with Crippen molar-refractivity contribution in [3.05, 3.63) is 18.5 Å². The molecule has 0 aliphatic carbocycles. The first kappa shape index (κ1) is 9.21. The number of rotatable bonds is 2. The van der Waals surface area contributed by atoms with Gasteiger partial charge in [-0.2, -0.15) is 5.10 Å². The molecule has 0 radical (unpaired) electrons. The molecule has 1 aromatic rings. The van der Waals surface area contributed by atoms with E-state index in [-0.39, 0.29) is 12.5 Å². The first-order valence-corrected chi connectivity index (χ1v) is 4.54. The number of carbonyl (C=O) groups is 1. The zero-order chi connectivity index (χ0) is 10.2. The molecule has 1 amide bonds. The first-order valence-electron chi connectivity index (χ1n) is 4.54. The number of amides is 1. The molecule has 0 spiro atoms. The predicted molar refractivity (Wildman–Crippen MR) is 49.4 cm³/mol. The second-order valence-electron chi connectivity index (χ2n) is 3.95. The fourth-order valence-electron chi connectivity index (χ4n) is 1.58. The molecule has 1 N–H and O–H groups in total. The second kappa shape index (κ2) is 3.09. The Kier molecular flexibility index (Phi) is 2.03. The molecular weight excluding hydrogens is 182 g/mol. The highest BCUT2D eigenvalue weighted by molar-refractivity contribution is 5.77. The van der Waals surface area contributed by atoms with E-state index in [4.69, 9.17) is 0 Å². The molecule has 1 aromatic heterocycles. The molecule has 2 rings (SSSR count). The number of carbonyl (C=O) groups excluding carboxylic acids is 1. The summed E-state index contributed by atoms with van der Waals surface area (Å²) < 4.78 is 1.58. The minimum absolute atomic E-state index is 0.000208. The van der Waals surface area contributed by atoms with Crippen molar-refractivity contribution in [2.75, 3.05) is 13.1 Å². The van der Waals surface area contributed by atoms with Crippen LogP contribution in [0.4, 0.5) is 0 Å². The van der Waals surface area contributed by atoms with Gasteiger partial charge >= 0.3 is 0 Å². The molecule has 1 aliphatic heterocycles. The molecular formula is C9H13N3O2. The monoisotopic (exact) mass is 195 g/mol. The van der Waals surface area contributed by atoms with E-state index in [0.717, 1.165) is 0 Å². The molecule has 5 heteroatoms. The third-order valence-corrected chi connectivity index (χ3v) is 2.27. The highest BCUT2D eigenvalue weighted by atomic mass is 16.3. The lowest BCUT2D eigenvalue weighted by Crippen LogP contribution is -2.62. The van der Waals surface area contributed by atoms with Crippen LogP contribution in [0.5, 0.6) is 0 Å². The summed E-state index contributed by atoms with van der Waals surface area (Å²) in [5.74, 6) is 0.000208. The number of nitrogens with zero attached hydrogens (tertiary/aromatic N) is 3. The summed E-state index contributed by atoms with van der Waals surface area (Å²) in [6.45, 7) is 2.83. The number of β-amino-alcohol motifs (C(OH)–C–C–N with tert-alkyl or cyclic N) is 1. The second-order valence-corrected chi connectivity index (χ2v) is 3.95. The predicted octanol–water partition coefficient (Wildman–Crippen LogP) is -0.524. The summed E-state index contributed by atoms with van der Waals surface area (Å²) in [6, 6.07) is 1.78. The van der Waals surface area contributed by atoms with E-state index in [1.54, 1.807) is 35.0 Å².